The van der Waals surface area contributed by atoms with Gasteiger partial charge in [-0.1, -0.05) is 11.6 Å². The van der Waals surface area contributed by atoms with E-state index in [2.05, 4.69) is 15.7 Å². The van der Waals surface area contributed by atoms with Gasteiger partial charge >= 0.3 is 6.18 Å². The van der Waals surface area contributed by atoms with E-state index in [0.717, 1.165) is 13.1 Å². The topological polar surface area (TPSA) is 76.0 Å². The minimum absolute atomic E-state index is 0.0880. The molecule has 0 unspecified atom stereocenters. The number of rotatable bonds is 4. The Morgan fingerprint density at radius 2 is 1.96 bits per heavy atom. The van der Waals surface area contributed by atoms with Gasteiger partial charge in [0.05, 0.1) is 0 Å². The average molecular weight is 393 g/mol. The number of aromatic nitrogens is 2. The summed E-state index contributed by atoms with van der Waals surface area (Å²) < 4.78 is 52.9. The predicted molar refractivity (Wildman–Crippen MR) is 85.1 cm³/mol. The SMILES string of the molecule is CC(=O)NCc1cc(NC(=O)c2c(Cl)c(C(F)(F)F)nn2C)ccc1F. The second-order valence-corrected chi connectivity index (χ2v) is 5.68. The Balaban J connectivity index is 2.27. The summed E-state index contributed by atoms with van der Waals surface area (Å²) >= 11 is 5.64. The summed E-state index contributed by atoms with van der Waals surface area (Å²) in [5.41, 5.74) is -1.67. The third-order valence-electron chi connectivity index (χ3n) is 3.30. The molecule has 0 aliphatic rings. The molecule has 0 saturated heterocycles. The molecule has 0 atom stereocenters. The fourth-order valence-corrected chi connectivity index (χ4v) is 2.48. The van der Waals surface area contributed by atoms with E-state index in [0.29, 0.717) is 4.68 Å². The molecule has 1 aromatic heterocycles. The minimum atomic E-state index is -4.81. The van der Waals surface area contributed by atoms with Crippen LogP contribution in [-0.4, -0.2) is 21.6 Å². The van der Waals surface area contributed by atoms with Gasteiger partial charge in [0.25, 0.3) is 5.91 Å². The number of alkyl halides is 3. The van der Waals surface area contributed by atoms with Gasteiger partial charge in [-0.3, -0.25) is 14.3 Å². The molecule has 0 spiro atoms. The van der Waals surface area contributed by atoms with Gasteiger partial charge in [-0.15, -0.1) is 0 Å². The molecule has 0 radical (unpaired) electrons. The normalized spacial score (nSPS) is 11.3. The number of hydrogen-bond acceptors (Lipinski definition) is 3. The molecule has 2 amide bonds. The van der Waals surface area contributed by atoms with Crippen LogP contribution in [0.15, 0.2) is 18.2 Å². The Hall–Kier alpha value is -2.62. The lowest BCUT2D eigenvalue weighted by Crippen LogP contribution is -2.20. The summed E-state index contributed by atoms with van der Waals surface area (Å²) in [6.45, 7) is 1.14. The van der Waals surface area contributed by atoms with Crippen molar-refractivity contribution in [2.24, 2.45) is 7.05 Å². The Bertz CT molecular complexity index is 864. The predicted octanol–water partition coefficient (Wildman–Crippen LogP) is 3.12. The van der Waals surface area contributed by atoms with Gasteiger partial charge in [0.15, 0.2) is 5.69 Å². The van der Waals surface area contributed by atoms with Crippen molar-refractivity contribution >= 4 is 29.1 Å². The molecule has 11 heteroatoms. The van der Waals surface area contributed by atoms with E-state index < -0.39 is 34.3 Å². The highest BCUT2D eigenvalue weighted by Crippen LogP contribution is 2.35. The summed E-state index contributed by atoms with van der Waals surface area (Å²) in [6.07, 6.45) is -4.81. The molecule has 2 rings (SSSR count). The van der Waals surface area contributed by atoms with Gasteiger partial charge in [-0.2, -0.15) is 18.3 Å². The number of anilines is 1. The maximum absolute atomic E-state index is 13.7. The zero-order valence-corrected chi connectivity index (χ0v) is 14.3. The van der Waals surface area contributed by atoms with Crippen LogP contribution in [0.25, 0.3) is 0 Å². The first-order valence-corrected chi connectivity index (χ1v) is 7.52. The van der Waals surface area contributed by atoms with Crippen LogP contribution in [0.5, 0.6) is 0 Å². The van der Waals surface area contributed by atoms with Gasteiger partial charge in [-0.05, 0) is 18.2 Å². The molecule has 26 heavy (non-hydrogen) atoms. The van der Waals surface area contributed by atoms with Gasteiger partial charge in [0, 0.05) is 31.8 Å². The molecule has 1 heterocycles. The van der Waals surface area contributed by atoms with Gasteiger partial charge in [0.2, 0.25) is 5.91 Å². The fraction of sp³-hybridized carbons (Fsp3) is 0.267. The number of carbonyl (C=O) groups excluding carboxylic acids is 2. The number of halogens is 5. The summed E-state index contributed by atoms with van der Waals surface area (Å²) in [5.74, 6) is -1.94. The van der Waals surface area contributed by atoms with Crippen LogP contribution in [0.1, 0.15) is 28.7 Å². The number of nitrogens with zero attached hydrogens (tertiary/aromatic N) is 2. The number of amides is 2. The second kappa shape index (κ2) is 7.32. The highest BCUT2D eigenvalue weighted by molar-refractivity contribution is 6.34. The standard InChI is InChI=1S/C15H13ClF4N4O2/c1-7(25)21-6-8-5-9(3-4-10(8)17)22-14(26)12-11(16)13(15(18,19)20)23-24(12)2/h3-5H,6H2,1-2H3,(H,21,25)(H,22,26). The van der Waals surface area contributed by atoms with Crippen molar-refractivity contribution in [1.82, 2.24) is 15.1 Å². The van der Waals surface area contributed by atoms with E-state index in [1.807, 2.05) is 0 Å². The molecule has 0 bridgehead atoms. The molecule has 140 valence electrons. The molecule has 6 nitrogen and oxygen atoms in total. The van der Waals surface area contributed by atoms with Gasteiger partial charge in [0.1, 0.15) is 16.5 Å². The van der Waals surface area contributed by atoms with Crippen LogP contribution in [0.2, 0.25) is 5.02 Å². The fourth-order valence-electron chi connectivity index (χ4n) is 2.12. The highest BCUT2D eigenvalue weighted by atomic mass is 35.5. The minimum Gasteiger partial charge on any atom is -0.352 e. The van der Waals surface area contributed by atoms with Crippen LogP contribution in [-0.2, 0) is 24.6 Å². The largest absolute Gasteiger partial charge is 0.436 e. The highest BCUT2D eigenvalue weighted by Gasteiger charge is 2.39. The average Bonchev–Trinajstić information content (AvgIpc) is 2.82. The lowest BCUT2D eigenvalue weighted by atomic mass is 10.1. The van der Waals surface area contributed by atoms with Gasteiger partial charge < -0.3 is 10.6 Å². The lowest BCUT2D eigenvalue weighted by Gasteiger charge is -2.09. The molecule has 0 saturated carbocycles. The molecular formula is C15H13ClF4N4O2. The first-order chi connectivity index (χ1) is 12.0. The Labute approximate surface area is 150 Å². The van der Waals surface area contributed by atoms with E-state index in [-0.39, 0.29) is 23.7 Å². The third-order valence-corrected chi connectivity index (χ3v) is 3.66. The van der Waals surface area contributed by atoms with Crippen LogP contribution in [0.3, 0.4) is 0 Å². The summed E-state index contributed by atoms with van der Waals surface area (Å²) in [4.78, 5) is 23.2. The number of aryl methyl sites for hydroxylation is 1. The Kier molecular flexibility index (Phi) is 5.55. The zero-order chi connectivity index (χ0) is 19.6. The van der Waals surface area contributed by atoms with E-state index in [1.54, 1.807) is 0 Å². The number of carbonyl (C=O) groups is 2. The number of benzene rings is 1. The van der Waals surface area contributed by atoms with Crippen molar-refractivity contribution in [2.45, 2.75) is 19.6 Å². The van der Waals surface area contributed by atoms with Crippen LogP contribution >= 0.6 is 11.6 Å². The van der Waals surface area contributed by atoms with Crippen molar-refractivity contribution in [1.29, 1.82) is 0 Å². The number of hydrogen-bond donors (Lipinski definition) is 2. The lowest BCUT2D eigenvalue weighted by molar-refractivity contribution is -0.141. The van der Waals surface area contributed by atoms with Crippen LogP contribution in [0.4, 0.5) is 23.2 Å². The smallest absolute Gasteiger partial charge is 0.352 e. The van der Waals surface area contributed by atoms with Crippen molar-refractivity contribution in [3.8, 4) is 0 Å². The van der Waals surface area contributed by atoms with Crippen molar-refractivity contribution in [3.63, 3.8) is 0 Å². The molecule has 0 aliphatic heterocycles. The second-order valence-electron chi connectivity index (χ2n) is 5.30. The van der Waals surface area contributed by atoms with E-state index in [1.165, 1.54) is 19.1 Å². The van der Waals surface area contributed by atoms with Crippen molar-refractivity contribution < 1.29 is 27.2 Å². The summed E-state index contributed by atoms with van der Waals surface area (Å²) in [7, 11) is 1.14. The molecule has 2 N–H and O–H groups in total. The number of nitrogens with one attached hydrogen (secondary N) is 2. The van der Waals surface area contributed by atoms with E-state index >= 15 is 0 Å². The summed E-state index contributed by atoms with van der Waals surface area (Å²) in [6, 6.07) is 3.52. The molecular weight excluding hydrogens is 380 g/mol. The maximum Gasteiger partial charge on any atom is 0.436 e. The third kappa shape index (κ3) is 4.31. The van der Waals surface area contributed by atoms with Crippen molar-refractivity contribution in [2.75, 3.05) is 5.32 Å². The first-order valence-electron chi connectivity index (χ1n) is 7.14. The first kappa shape index (κ1) is 19.7. The van der Waals surface area contributed by atoms with E-state index in [4.69, 9.17) is 11.6 Å². The molecule has 0 aliphatic carbocycles. The van der Waals surface area contributed by atoms with Crippen LogP contribution in [0, 0.1) is 5.82 Å². The Morgan fingerprint density at radius 1 is 1.31 bits per heavy atom. The maximum atomic E-state index is 13.7. The van der Waals surface area contributed by atoms with E-state index in [9.17, 15) is 27.2 Å². The van der Waals surface area contributed by atoms with Crippen molar-refractivity contribution in [3.05, 3.63) is 46.0 Å². The van der Waals surface area contributed by atoms with Gasteiger partial charge in [-0.25, -0.2) is 4.39 Å². The summed E-state index contributed by atoms with van der Waals surface area (Å²) in [5, 5.41) is 7.11. The monoisotopic (exact) mass is 392 g/mol. The molecule has 1 aromatic carbocycles. The Morgan fingerprint density at radius 3 is 2.50 bits per heavy atom. The molecule has 2 aromatic rings. The quantitative estimate of drug-likeness (QED) is 0.785. The van der Waals surface area contributed by atoms with Crippen LogP contribution < -0.4 is 10.6 Å². The molecule has 0 fully saturated rings. The zero-order valence-electron chi connectivity index (χ0n) is 13.5.